The fourth-order valence-electron chi connectivity index (χ4n) is 3.40. The van der Waals surface area contributed by atoms with E-state index < -0.39 is 0 Å². The molecule has 1 aromatic carbocycles. The molecular formula is C21H26N8O. The maximum Gasteiger partial charge on any atom is 0.242 e. The molecule has 156 valence electrons. The van der Waals surface area contributed by atoms with Gasteiger partial charge in [-0.25, -0.2) is 9.67 Å². The van der Waals surface area contributed by atoms with E-state index in [-0.39, 0.29) is 0 Å². The molecule has 4 heterocycles. The van der Waals surface area contributed by atoms with E-state index in [1.165, 1.54) is 32.1 Å². The number of nitrogens with zero attached hydrogens (tertiary/aromatic N) is 6. The normalized spacial score (nSPS) is 14.4. The van der Waals surface area contributed by atoms with E-state index in [1.54, 1.807) is 30.3 Å². The van der Waals surface area contributed by atoms with Crippen molar-refractivity contribution in [2.45, 2.75) is 32.1 Å². The van der Waals surface area contributed by atoms with Crippen molar-refractivity contribution in [3.05, 3.63) is 43.0 Å². The highest BCUT2D eigenvalue weighted by molar-refractivity contribution is 5.97. The number of rotatable bonds is 3. The van der Waals surface area contributed by atoms with Crippen molar-refractivity contribution in [1.82, 2.24) is 35.2 Å². The van der Waals surface area contributed by atoms with E-state index in [0.717, 1.165) is 35.4 Å². The zero-order chi connectivity index (χ0) is 20.6. The molecule has 30 heavy (non-hydrogen) atoms. The number of hydrogen-bond donors (Lipinski definition) is 2. The Kier molecular flexibility index (Phi) is 6.61. The minimum absolute atomic E-state index is 0.486. The van der Waals surface area contributed by atoms with Crippen LogP contribution in [0.4, 0.5) is 5.95 Å². The quantitative estimate of drug-likeness (QED) is 0.535. The van der Waals surface area contributed by atoms with Gasteiger partial charge in [0, 0.05) is 43.6 Å². The van der Waals surface area contributed by atoms with Gasteiger partial charge in [0.25, 0.3) is 0 Å². The van der Waals surface area contributed by atoms with Crippen LogP contribution in [0.5, 0.6) is 0 Å². The second-order valence-electron chi connectivity index (χ2n) is 7.04. The van der Waals surface area contributed by atoms with Gasteiger partial charge in [0.1, 0.15) is 5.69 Å². The van der Waals surface area contributed by atoms with Crippen LogP contribution in [0, 0.1) is 0 Å². The molecule has 9 nitrogen and oxygen atoms in total. The summed E-state index contributed by atoms with van der Waals surface area (Å²) in [4.78, 5) is 4.20. The predicted molar refractivity (Wildman–Crippen MR) is 115 cm³/mol. The lowest BCUT2D eigenvalue weighted by Crippen LogP contribution is -2.00. The molecular weight excluding hydrogens is 380 g/mol. The second kappa shape index (κ2) is 9.93. The van der Waals surface area contributed by atoms with Gasteiger partial charge in [0.2, 0.25) is 5.95 Å². The summed E-state index contributed by atoms with van der Waals surface area (Å²) in [5.41, 5.74) is 3.43. The molecule has 0 unspecified atom stereocenters. The maximum absolute atomic E-state index is 5.27. The lowest BCUT2D eigenvalue weighted by molar-refractivity contribution is 0.116. The van der Waals surface area contributed by atoms with Crippen LogP contribution in [0.2, 0.25) is 0 Å². The van der Waals surface area contributed by atoms with E-state index in [0.29, 0.717) is 11.6 Å². The third-order valence-corrected chi connectivity index (χ3v) is 4.98. The van der Waals surface area contributed by atoms with Crippen LogP contribution in [0.25, 0.3) is 27.8 Å². The van der Waals surface area contributed by atoms with E-state index in [2.05, 4.69) is 35.8 Å². The SMILES string of the molecule is C1CCCOCCC1.CNc1ncc(-c2ccc(-n3cccn3)c3[nH]ncc23)nn1. The third-order valence-electron chi connectivity index (χ3n) is 4.98. The van der Waals surface area contributed by atoms with Crippen LogP contribution < -0.4 is 5.32 Å². The number of aromatic nitrogens is 7. The highest BCUT2D eigenvalue weighted by atomic mass is 16.5. The molecule has 0 radical (unpaired) electrons. The first-order valence-corrected chi connectivity index (χ1v) is 10.3. The fourth-order valence-corrected chi connectivity index (χ4v) is 3.40. The molecule has 0 saturated carbocycles. The Bertz CT molecular complexity index is 1020. The second-order valence-corrected chi connectivity index (χ2v) is 7.04. The monoisotopic (exact) mass is 406 g/mol. The van der Waals surface area contributed by atoms with Crippen LogP contribution in [0.1, 0.15) is 32.1 Å². The summed E-state index contributed by atoms with van der Waals surface area (Å²) in [6, 6.07) is 5.82. The van der Waals surface area contributed by atoms with Crippen molar-refractivity contribution in [2.24, 2.45) is 0 Å². The van der Waals surface area contributed by atoms with E-state index in [4.69, 9.17) is 4.74 Å². The Morgan fingerprint density at radius 2 is 1.87 bits per heavy atom. The van der Waals surface area contributed by atoms with Crippen molar-refractivity contribution in [3.63, 3.8) is 0 Å². The van der Waals surface area contributed by atoms with Crippen molar-refractivity contribution in [3.8, 4) is 16.9 Å². The summed E-state index contributed by atoms with van der Waals surface area (Å²) in [5.74, 6) is 0.486. The first-order chi connectivity index (χ1) is 14.9. The molecule has 0 amide bonds. The zero-order valence-electron chi connectivity index (χ0n) is 17.1. The highest BCUT2D eigenvalue weighted by Crippen LogP contribution is 2.29. The highest BCUT2D eigenvalue weighted by Gasteiger charge is 2.12. The number of anilines is 1. The smallest absolute Gasteiger partial charge is 0.242 e. The summed E-state index contributed by atoms with van der Waals surface area (Å²) >= 11 is 0. The molecule has 0 atom stereocenters. The van der Waals surface area contributed by atoms with Crippen LogP contribution in [0.3, 0.4) is 0 Å². The lowest BCUT2D eigenvalue weighted by Gasteiger charge is -2.07. The Balaban J connectivity index is 0.000000230. The minimum atomic E-state index is 0.486. The molecule has 0 bridgehead atoms. The van der Waals surface area contributed by atoms with Gasteiger partial charge in [0.15, 0.2) is 0 Å². The van der Waals surface area contributed by atoms with Crippen LogP contribution >= 0.6 is 0 Å². The zero-order valence-corrected chi connectivity index (χ0v) is 17.1. The average Bonchev–Trinajstić information content (AvgIpc) is 3.46. The van der Waals surface area contributed by atoms with Crippen LogP contribution in [-0.2, 0) is 4.74 Å². The maximum atomic E-state index is 5.27. The number of benzene rings is 1. The molecule has 1 aliphatic heterocycles. The van der Waals surface area contributed by atoms with Gasteiger partial charge in [-0.05, 0) is 31.0 Å². The summed E-state index contributed by atoms with van der Waals surface area (Å²) in [5, 5.41) is 23.4. The number of fused-ring (bicyclic) bond motifs is 1. The topological polar surface area (TPSA) is 106 Å². The molecule has 9 heteroatoms. The molecule has 3 aromatic heterocycles. The van der Waals surface area contributed by atoms with Gasteiger partial charge < -0.3 is 10.1 Å². The molecule has 5 rings (SSSR count). The Hall–Kier alpha value is -3.33. The van der Waals surface area contributed by atoms with Gasteiger partial charge in [-0.3, -0.25) is 5.10 Å². The van der Waals surface area contributed by atoms with Crippen molar-refractivity contribution in [1.29, 1.82) is 0 Å². The number of ether oxygens (including phenoxy) is 1. The number of hydrogen-bond acceptors (Lipinski definition) is 7. The van der Waals surface area contributed by atoms with Crippen molar-refractivity contribution in [2.75, 3.05) is 25.6 Å². The van der Waals surface area contributed by atoms with Gasteiger partial charge in [-0.1, -0.05) is 19.3 Å². The molecule has 0 aliphatic carbocycles. The van der Waals surface area contributed by atoms with E-state index >= 15 is 0 Å². The summed E-state index contributed by atoms with van der Waals surface area (Å²) in [7, 11) is 1.75. The van der Waals surface area contributed by atoms with E-state index in [9.17, 15) is 0 Å². The number of aromatic amines is 1. The summed E-state index contributed by atoms with van der Waals surface area (Å²) < 4.78 is 7.06. The van der Waals surface area contributed by atoms with Crippen molar-refractivity contribution >= 4 is 16.9 Å². The van der Waals surface area contributed by atoms with Gasteiger partial charge >= 0.3 is 0 Å². The molecule has 0 spiro atoms. The standard InChI is InChI=1S/C14H12N8.C7H14O/c1-15-14-16-8-11(19-21-14)9-3-4-12(22-6-2-5-18-22)13-10(9)7-17-20-13;1-2-4-6-8-7-5-3-1/h2-8H,1H3,(H,17,20)(H,15,16,21);1-7H2. The average molecular weight is 406 g/mol. The number of H-pyrrole nitrogens is 1. The van der Waals surface area contributed by atoms with Crippen LogP contribution in [0.15, 0.2) is 43.0 Å². The first kappa shape index (κ1) is 20.0. The van der Waals surface area contributed by atoms with E-state index in [1.807, 2.05) is 24.4 Å². The Labute approximate surface area is 174 Å². The summed E-state index contributed by atoms with van der Waals surface area (Å²) in [6.07, 6.45) is 13.8. The minimum Gasteiger partial charge on any atom is -0.381 e. The van der Waals surface area contributed by atoms with Crippen molar-refractivity contribution < 1.29 is 4.74 Å². The number of nitrogens with one attached hydrogen (secondary N) is 2. The van der Waals surface area contributed by atoms with Crippen LogP contribution in [-0.4, -0.2) is 55.4 Å². The molecule has 1 saturated heterocycles. The molecule has 4 aromatic rings. The van der Waals surface area contributed by atoms with Gasteiger partial charge in [-0.15, -0.1) is 10.2 Å². The summed E-state index contributed by atoms with van der Waals surface area (Å²) in [6.45, 7) is 2.00. The third kappa shape index (κ3) is 4.62. The first-order valence-electron chi connectivity index (χ1n) is 10.3. The molecule has 1 fully saturated rings. The lowest BCUT2D eigenvalue weighted by atomic mass is 10.1. The van der Waals surface area contributed by atoms with Gasteiger partial charge in [0.05, 0.1) is 23.6 Å². The molecule has 1 aliphatic rings. The van der Waals surface area contributed by atoms with Gasteiger partial charge in [-0.2, -0.15) is 10.2 Å². The largest absolute Gasteiger partial charge is 0.381 e. The Morgan fingerprint density at radius 3 is 2.57 bits per heavy atom. The predicted octanol–water partition coefficient (Wildman–Crippen LogP) is 3.61. The molecule has 2 N–H and O–H groups in total. The Morgan fingerprint density at radius 1 is 1.03 bits per heavy atom. The fraction of sp³-hybridized carbons (Fsp3) is 0.381.